The number of ether oxygens (including phenoxy) is 3. The molecule has 1 unspecified atom stereocenters. The molecule has 2 rings (SSSR count). The second kappa shape index (κ2) is 6.50. The summed E-state index contributed by atoms with van der Waals surface area (Å²) in [7, 11) is 4.69. The van der Waals surface area contributed by atoms with Gasteiger partial charge in [-0.2, -0.15) is 0 Å². The lowest BCUT2D eigenvalue weighted by Crippen LogP contribution is -2.07. The molecule has 0 saturated heterocycles. The zero-order valence-electron chi connectivity index (χ0n) is 12.7. The van der Waals surface area contributed by atoms with Crippen LogP contribution in [0.25, 0.3) is 0 Å². The van der Waals surface area contributed by atoms with Crippen molar-refractivity contribution in [1.29, 1.82) is 0 Å². The molecule has 0 aliphatic rings. The molecule has 21 heavy (non-hydrogen) atoms. The minimum Gasteiger partial charge on any atom is -0.496 e. The van der Waals surface area contributed by atoms with Crippen molar-refractivity contribution in [3.05, 3.63) is 53.1 Å². The summed E-state index contributed by atoms with van der Waals surface area (Å²) in [6, 6.07) is 11.2. The SMILES string of the molecule is COc1cc(OC)c(C(O)c2ccccc2C)c(OC)c1. The lowest BCUT2D eigenvalue weighted by molar-refractivity contribution is 0.207. The van der Waals surface area contributed by atoms with Gasteiger partial charge < -0.3 is 19.3 Å². The van der Waals surface area contributed by atoms with Crippen molar-refractivity contribution in [2.75, 3.05) is 21.3 Å². The van der Waals surface area contributed by atoms with Gasteiger partial charge in [0, 0.05) is 12.1 Å². The molecule has 0 spiro atoms. The number of rotatable bonds is 5. The van der Waals surface area contributed by atoms with Crippen LogP contribution < -0.4 is 14.2 Å². The van der Waals surface area contributed by atoms with E-state index >= 15 is 0 Å². The van der Waals surface area contributed by atoms with E-state index in [0.717, 1.165) is 11.1 Å². The van der Waals surface area contributed by atoms with E-state index in [1.165, 1.54) is 0 Å². The normalized spacial score (nSPS) is 11.9. The Bertz CT molecular complexity index is 597. The average molecular weight is 288 g/mol. The van der Waals surface area contributed by atoms with Crippen LogP contribution in [0.15, 0.2) is 36.4 Å². The molecule has 0 amide bonds. The molecule has 4 nitrogen and oxygen atoms in total. The summed E-state index contributed by atoms with van der Waals surface area (Å²) in [5.74, 6) is 1.67. The van der Waals surface area contributed by atoms with Crippen LogP contribution in [0, 0.1) is 6.92 Å². The van der Waals surface area contributed by atoms with Crippen molar-refractivity contribution in [3.8, 4) is 17.2 Å². The van der Waals surface area contributed by atoms with Gasteiger partial charge in [0.1, 0.15) is 23.4 Å². The molecule has 0 aliphatic heterocycles. The predicted molar refractivity (Wildman–Crippen MR) is 81.3 cm³/mol. The first-order valence-electron chi connectivity index (χ1n) is 6.65. The van der Waals surface area contributed by atoms with Gasteiger partial charge in [-0.15, -0.1) is 0 Å². The third-order valence-electron chi connectivity index (χ3n) is 3.51. The summed E-state index contributed by atoms with van der Waals surface area (Å²) < 4.78 is 16.0. The maximum Gasteiger partial charge on any atom is 0.132 e. The van der Waals surface area contributed by atoms with Gasteiger partial charge in [0.2, 0.25) is 0 Å². The minimum atomic E-state index is -0.831. The average Bonchev–Trinajstić information content (AvgIpc) is 2.53. The van der Waals surface area contributed by atoms with E-state index in [1.807, 2.05) is 31.2 Å². The number of aliphatic hydroxyl groups is 1. The summed E-state index contributed by atoms with van der Waals surface area (Å²) in [6.45, 7) is 1.96. The van der Waals surface area contributed by atoms with Crippen LogP contribution in [0.4, 0.5) is 0 Å². The number of methoxy groups -OCH3 is 3. The fourth-order valence-electron chi connectivity index (χ4n) is 2.35. The van der Waals surface area contributed by atoms with E-state index in [0.29, 0.717) is 22.8 Å². The Morgan fingerprint density at radius 1 is 0.905 bits per heavy atom. The lowest BCUT2D eigenvalue weighted by atomic mass is 9.96. The molecule has 112 valence electrons. The van der Waals surface area contributed by atoms with E-state index in [4.69, 9.17) is 14.2 Å². The number of aryl methyl sites for hydroxylation is 1. The topological polar surface area (TPSA) is 47.9 Å². The maximum atomic E-state index is 10.8. The minimum absolute atomic E-state index is 0.530. The summed E-state index contributed by atoms with van der Waals surface area (Å²) in [5.41, 5.74) is 2.42. The zero-order chi connectivity index (χ0) is 15.4. The molecule has 1 atom stereocenters. The summed E-state index contributed by atoms with van der Waals surface area (Å²) in [6.07, 6.45) is -0.831. The first-order chi connectivity index (χ1) is 10.1. The number of benzene rings is 2. The lowest BCUT2D eigenvalue weighted by Gasteiger charge is -2.20. The summed E-state index contributed by atoms with van der Waals surface area (Å²) in [5, 5.41) is 10.8. The van der Waals surface area contributed by atoms with E-state index < -0.39 is 6.10 Å². The van der Waals surface area contributed by atoms with E-state index in [1.54, 1.807) is 33.5 Å². The van der Waals surface area contributed by atoms with Crippen LogP contribution in [0.2, 0.25) is 0 Å². The van der Waals surface area contributed by atoms with Crippen molar-refractivity contribution < 1.29 is 19.3 Å². The van der Waals surface area contributed by atoms with Crippen molar-refractivity contribution in [2.45, 2.75) is 13.0 Å². The fourth-order valence-corrected chi connectivity index (χ4v) is 2.35. The van der Waals surface area contributed by atoms with Crippen molar-refractivity contribution >= 4 is 0 Å². The Kier molecular flexibility index (Phi) is 4.70. The molecule has 2 aromatic carbocycles. The molecule has 0 aliphatic carbocycles. The Labute approximate surface area is 124 Å². The first kappa shape index (κ1) is 15.2. The molecular formula is C17H20O4. The van der Waals surface area contributed by atoms with Crippen molar-refractivity contribution in [2.24, 2.45) is 0 Å². The van der Waals surface area contributed by atoms with Gasteiger partial charge in [0.05, 0.1) is 26.9 Å². The van der Waals surface area contributed by atoms with E-state index in [2.05, 4.69) is 0 Å². The monoisotopic (exact) mass is 288 g/mol. The third-order valence-corrected chi connectivity index (χ3v) is 3.51. The van der Waals surface area contributed by atoms with Crippen molar-refractivity contribution in [3.63, 3.8) is 0 Å². The van der Waals surface area contributed by atoms with Crippen LogP contribution in [-0.4, -0.2) is 26.4 Å². The Hall–Kier alpha value is -2.20. The Morgan fingerprint density at radius 3 is 1.95 bits per heavy atom. The number of aliphatic hydroxyl groups excluding tert-OH is 1. The summed E-state index contributed by atoms with van der Waals surface area (Å²) in [4.78, 5) is 0. The maximum absolute atomic E-state index is 10.8. The Morgan fingerprint density at radius 2 is 1.48 bits per heavy atom. The third kappa shape index (κ3) is 2.95. The van der Waals surface area contributed by atoms with Gasteiger partial charge in [0.25, 0.3) is 0 Å². The molecule has 0 aromatic heterocycles. The van der Waals surface area contributed by atoms with Crippen LogP contribution in [0.1, 0.15) is 22.8 Å². The molecule has 0 heterocycles. The highest BCUT2D eigenvalue weighted by Gasteiger charge is 2.23. The van der Waals surface area contributed by atoms with Crippen LogP contribution in [0.3, 0.4) is 0 Å². The molecule has 0 fully saturated rings. The molecule has 1 N–H and O–H groups in total. The Balaban J connectivity index is 2.59. The summed E-state index contributed by atoms with van der Waals surface area (Å²) >= 11 is 0. The van der Waals surface area contributed by atoms with Crippen LogP contribution in [-0.2, 0) is 0 Å². The van der Waals surface area contributed by atoms with Gasteiger partial charge >= 0.3 is 0 Å². The van der Waals surface area contributed by atoms with E-state index in [9.17, 15) is 5.11 Å². The second-order valence-electron chi connectivity index (χ2n) is 4.70. The largest absolute Gasteiger partial charge is 0.496 e. The highest BCUT2D eigenvalue weighted by Crippen LogP contribution is 2.41. The molecule has 0 bridgehead atoms. The van der Waals surface area contributed by atoms with Gasteiger partial charge in [0.15, 0.2) is 0 Å². The fraction of sp³-hybridized carbons (Fsp3) is 0.294. The number of hydrogen-bond acceptors (Lipinski definition) is 4. The molecule has 2 aromatic rings. The van der Waals surface area contributed by atoms with Gasteiger partial charge in [-0.3, -0.25) is 0 Å². The highest BCUT2D eigenvalue weighted by molar-refractivity contribution is 5.54. The van der Waals surface area contributed by atoms with Gasteiger partial charge in [-0.05, 0) is 18.1 Å². The zero-order valence-corrected chi connectivity index (χ0v) is 12.7. The highest BCUT2D eigenvalue weighted by atomic mass is 16.5. The quantitative estimate of drug-likeness (QED) is 0.918. The molecule has 0 saturated carbocycles. The standard InChI is InChI=1S/C17H20O4/c1-11-7-5-6-8-13(11)17(18)16-14(20-3)9-12(19-2)10-15(16)21-4/h5-10,17-18H,1-4H3. The molecule has 4 heteroatoms. The van der Waals surface area contributed by atoms with E-state index in [-0.39, 0.29) is 0 Å². The van der Waals surface area contributed by atoms with Gasteiger partial charge in [-0.1, -0.05) is 24.3 Å². The van der Waals surface area contributed by atoms with Crippen LogP contribution in [0.5, 0.6) is 17.2 Å². The van der Waals surface area contributed by atoms with Crippen LogP contribution >= 0.6 is 0 Å². The first-order valence-corrected chi connectivity index (χ1v) is 6.65. The number of hydrogen-bond donors (Lipinski definition) is 1. The molecular weight excluding hydrogens is 268 g/mol. The predicted octanol–water partition coefficient (Wildman–Crippen LogP) is 3.10. The van der Waals surface area contributed by atoms with Crippen molar-refractivity contribution in [1.82, 2.24) is 0 Å². The smallest absolute Gasteiger partial charge is 0.132 e. The molecule has 0 radical (unpaired) electrons. The second-order valence-corrected chi connectivity index (χ2v) is 4.70. The van der Waals surface area contributed by atoms with Gasteiger partial charge in [-0.25, -0.2) is 0 Å².